The first kappa shape index (κ1) is 21.9. The maximum Gasteiger partial charge on any atom is 0.261 e. The lowest BCUT2D eigenvalue weighted by atomic mass is 10.1. The van der Waals surface area contributed by atoms with E-state index in [1.165, 1.54) is 54.6 Å². The van der Waals surface area contributed by atoms with Crippen LogP contribution in [0.3, 0.4) is 0 Å². The van der Waals surface area contributed by atoms with E-state index in [4.69, 9.17) is 0 Å². The van der Waals surface area contributed by atoms with Crippen molar-refractivity contribution in [3.05, 3.63) is 89.2 Å². The van der Waals surface area contributed by atoms with Crippen molar-refractivity contribution in [1.82, 2.24) is 4.72 Å². The summed E-state index contributed by atoms with van der Waals surface area (Å²) in [6, 6.07) is 15.7. The molecule has 0 saturated heterocycles. The third-order valence-corrected chi connectivity index (χ3v) is 7.38. The lowest BCUT2D eigenvalue weighted by Crippen LogP contribution is -2.23. The molecule has 3 rings (SSSR count). The van der Waals surface area contributed by atoms with Gasteiger partial charge in [0.15, 0.2) is 0 Å². The summed E-state index contributed by atoms with van der Waals surface area (Å²) < 4.78 is 67.8. The van der Waals surface area contributed by atoms with Gasteiger partial charge in [-0.2, -0.15) is 0 Å². The van der Waals surface area contributed by atoms with Crippen LogP contribution in [0.15, 0.2) is 76.5 Å². The van der Waals surface area contributed by atoms with Crippen LogP contribution in [0.25, 0.3) is 0 Å². The van der Waals surface area contributed by atoms with Crippen molar-refractivity contribution in [2.45, 2.75) is 30.2 Å². The molecule has 6 nitrogen and oxygen atoms in total. The van der Waals surface area contributed by atoms with Crippen LogP contribution in [0.1, 0.15) is 16.7 Å². The van der Waals surface area contributed by atoms with Gasteiger partial charge in [-0.3, -0.25) is 4.72 Å². The van der Waals surface area contributed by atoms with E-state index in [0.717, 1.165) is 11.1 Å². The number of halogens is 1. The van der Waals surface area contributed by atoms with E-state index in [-0.39, 0.29) is 22.0 Å². The van der Waals surface area contributed by atoms with Crippen molar-refractivity contribution >= 4 is 25.7 Å². The number of aryl methyl sites for hydroxylation is 2. The van der Waals surface area contributed by atoms with E-state index >= 15 is 0 Å². The number of nitrogens with one attached hydrogen (secondary N) is 2. The highest BCUT2D eigenvalue weighted by Gasteiger charge is 2.17. The van der Waals surface area contributed by atoms with Gasteiger partial charge in [0.1, 0.15) is 5.82 Å². The molecule has 0 atom stereocenters. The fourth-order valence-corrected chi connectivity index (χ4v) is 4.82. The van der Waals surface area contributed by atoms with E-state index in [1.807, 2.05) is 13.8 Å². The number of hydrogen-bond acceptors (Lipinski definition) is 4. The first-order valence-corrected chi connectivity index (χ1v) is 12.0. The molecule has 0 aliphatic carbocycles. The van der Waals surface area contributed by atoms with Crippen molar-refractivity contribution in [3.63, 3.8) is 0 Å². The Bertz CT molecular complexity index is 1260. The lowest BCUT2D eigenvalue weighted by molar-refractivity contribution is 0.581. The molecule has 30 heavy (non-hydrogen) atoms. The second kappa shape index (κ2) is 8.55. The Balaban J connectivity index is 1.71. The molecule has 3 aromatic rings. The monoisotopic (exact) mass is 448 g/mol. The number of benzene rings is 3. The quantitative estimate of drug-likeness (QED) is 0.576. The van der Waals surface area contributed by atoms with Crippen molar-refractivity contribution < 1.29 is 21.2 Å². The molecule has 2 N–H and O–H groups in total. The van der Waals surface area contributed by atoms with Crippen molar-refractivity contribution in [2.24, 2.45) is 0 Å². The van der Waals surface area contributed by atoms with Crippen LogP contribution in [0.5, 0.6) is 0 Å². The zero-order valence-corrected chi connectivity index (χ0v) is 18.0. The van der Waals surface area contributed by atoms with Gasteiger partial charge in [-0.25, -0.2) is 25.9 Å². The molecule has 9 heteroatoms. The van der Waals surface area contributed by atoms with E-state index < -0.39 is 25.9 Å². The minimum absolute atomic E-state index is 0.00374. The van der Waals surface area contributed by atoms with Crippen molar-refractivity contribution in [1.29, 1.82) is 0 Å². The summed E-state index contributed by atoms with van der Waals surface area (Å²) in [4.78, 5) is 0.113. The first-order chi connectivity index (χ1) is 14.1. The van der Waals surface area contributed by atoms with E-state index in [1.54, 1.807) is 12.1 Å². The number of anilines is 1. The Morgan fingerprint density at radius 2 is 1.33 bits per heavy atom. The molecule has 0 fully saturated rings. The molecule has 0 aliphatic heterocycles. The maximum atomic E-state index is 12.9. The molecule has 0 unspecified atom stereocenters. The molecule has 0 amide bonds. The van der Waals surface area contributed by atoms with Crippen molar-refractivity contribution in [3.8, 4) is 0 Å². The number of hydrogen-bond donors (Lipinski definition) is 2. The van der Waals surface area contributed by atoms with E-state index in [2.05, 4.69) is 9.44 Å². The Hall–Kier alpha value is -2.75. The highest BCUT2D eigenvalue weighted by Crippen LogP contribution is 2.20. The minimum Gasteiger partial charge on any atom is -0.280 e. The molecule has 3 aromatic carbocycles. The average Bonchev–Trinajstić information content (AvgIpc) is 2.70. The van der Waals surface area contributed by atoms with Gasteiger partial charge in [0, 0.05) is 12.2 Å². The van der Waals surface area contributed by atoms with Gasteiger partial charge in [0.2, 0.25) is 10.0 Å². The largest absolute Gasteiger partial charge is 0.280 e. The van der Waals surface area contributed by atoms with Gasteiger partial charge < -0.3 is 0 Å². The fourth-order valence-electron chi connectivity index (χ4n) is 2.66. The molecular weight excluding hydrogens is 427 g/mol. The van der Waals surface area contributed by atoms with Gasteiger partial charge >= 0.3 is 0 Å². The molecule has 0 aromatic heterocycles. The molecule has 0 spiro atoms. The summed E-state index contributed by atoms with van der Waals surface area (Å²) in [5, 5.41) is 0. The zero-order chi connectivity index (χ0) is 21.9. The Labute approximate surface area is 175 Å². The highest BCUT2D eigenvalue weighted by molar-refractivity contribution is 7.92. The third-order valence-electron chi connectivity index (χ3n) is 4.59. The van der Waals surface area contributed by atoms with Crippen LogP contribution in [0.2, 0.25) is 0 Å². The molecular formula is C21H21FN2O4S2. The lowest BCUT2D eigenvalue weighted by Gasteiger charge is -2.11. The second-order valence-electron chi connectivity index (χ2n) is 6.83. The highest BCUT2D eigenvalue weighted by atomic mass is 32.2. The summed E-state index contributed by atoms with van der Waals surface area (Å²) in [7, 11) is -7.61. The third kappa shape index (κ3) is 5.24. The molecule has 0 heterocycles. The molecule has 0 radical (unpaired) electrons. The van der Waals surface area contributed by atoms with Crippen LogP contribution >= 0.6 is 0 Å². The van der Waals surface area contributed by atoms with E-state index in [0.29, 0.717) is 5.56 Å². The zero-order valence-electron chi connectivity index (χ0n) is 16.4. The molecule has 158 valence electrons. The van der Waals surface area contributed by atoms with Crippen LogP contribution in [0.4, 0.5) is 10.1 Å². The predicted molar refractivity (Wildman–Crippen MR) is 114 cm³/mol. The Morgan fingerprint density at radius 1 is 0.733 bits per heavy atom. The minimum atomic E-state index is -3.81. The van der Waals surface area contributed by atoms with Crippen molar-refractivity contribution in [2.75, 3.05) is 4.72 Å². The summed E-state index contributed by atoms with van der Waals surface area (Å²) in [5.74, 6) is -0.402. The first-order valence-electron chi connectivity index (χ1n) is 9.01. The van der Waals surface area contributed by atoms with Crippen LogP contribution in [-0.2, 0) is 26.6 Å². The Morgan fingerprint density at radius 3 is 1.93 bits per heavy atom. The van der Waals surface area contributed by atoms with Gasteiger partial charge in [-0.15, -0.1) is 0 Å². The summed E-state index contributed by atoms with van der Waals surface area (Å²) in [5.41, 5.74) is 2.69. The summed E-state index contributed by atoms with van der Waals surface area (Å²) >= 11 is 0. The molecule has 0 aliphatic rings. The normalized spacial score (nSPS) is 12.0. The fraction of sp³-hybridized carbons (Fsp3) is 0.143. The standard InChI is InChI=1S/C21H21FN2O4S2/c1-15-3-10-21(13-16(15)2)30(27,28)24-19-8-11-20(12-9-19)29(25,26)23-14-17-4-6-18(22)7-5-17/h3-13,23-24H,14H2,1-2H3. The van der Waals surface area contributed by atoms with E-state index in [9.17, 15) is 21.2 Å². The van der Waals surface area contributed by atoms with Crippen LogP contribution in [-0.4, -0.2) is 16.8 Å². The average molecular weight is 449 g/mol. The predicted octanol–water partition coefficient (Wildman–Crippen LogP) is 3.72. The smallest absolute Gasteiger partial charge is 0.261 e. The van der Waals surface area contributed by atoms with Gasteiger partial charge in [0.25, 0.3) is 10.0 Å². The van der Waals surface area contributed by atoms with Crippen LogP contribution in [0, 0.1) is 19.7 Å². The van der Waals surface area contributed by atoms with Gasteiger partial charge in [0.05, 0.1) is 9.79 Å². The summed E-state index contributed by atoms with van der Waals surface area (Å²) in [6.45, 7) is 3.72. The topological polar surface area (TPSA) is 92.3 Å². The number of rotatable bonds is 7. The maximum absolute atomic E-state index is 12.9. The van der Waals surface area contributed by atoms with Gasteiger partial charge in [-0.05, 0) is 79.1 Å². The summed E-state index contributed by atoms with van der Waals surface area (Å²) in [6.07, 6.45) is 0. The van der Waals surface area contributed by atoms with Gasteiger partial charge in [-0.1, -0.05) is 18.2 Å². The molecule has 0 saturated carbocycles. The second-order valence-corrected chi connectivity index (χ2v) is 10.3. The van der Waals surface area contributed by atoms with Crippen LogP contribution < -0.4 is 9.44 Å². The SMILES string of the molecule is Cc1ccc(S(=O)(=O)Nc2ccc(S(=O)(=O)NCc3ccc(F)cc3)cc2)cc1C. The Kier molecular flexibility index (Phi) is 6.25. The molecule has 0 bridgehead atoms. The number of sulfonamides is 2.